The smallest absolute Gasteiger partial charge is 0.224 e. The first-order valence-corrected chi connectivity index (χ1v) is 6.16. The molecule has 0 radical (unpaired) electrons. The van der Waals surface area contributed by atoms with Crippen LogP contribution in [0.1, 0.15) is 0 Å². The minimum Gasteiger partial charge on any atom is -0.357 e. The Morgan fingerprint density at radius 2 is 1.72 bits per heavy atom. The van der Waals surface area contributed by atoms with Gasteiger partial charge in [-0.1, -0.05) is 40.9 Å². The molecule has 2 rings (SSSR count). The molecule has 0 aliphatic rings. The standard InChI is InChI=1S/C11H9Cl3N4/c1-15-11-16-5-8(14)10(18-11)17-9-6(12)3-2-4-7(9)13/h2-5H,1H3,(H2,15,16,17,18). The Hall–Kier alpha value is -1.23. The van der Waals surface area contributed by atoms with Crippen LogP contribution in [0.3, 0.4) is 0 Å². The van der Waals surface area contributed by atoms with Crippen molar-refractivity contribution in [3.8, 4) is 0 Å². The van der Waals surface area contributed by atoms with Crippen molar-refractivity contribution >= 4 is 52.3 Å². The van der Waals surface area contributed by atoms with Crippen molar-refractivity contribution in [1.82, 2.24) is 9.97 Å². The summed E-state index contributed by atoms with van der Waals surface area (Å²) in [6.45, 7) is 0. The first-order chi connectivity index (χ1) is 8.61. The van der Waals surface area contributed by atoms with Crippen molar-refractivity contribution in [2.45, 2.75) is 0 Å². The van der Waals surface area contributed by atoms with E-state index in [-0.39, 0.29) is 0 Å². The molecular weight excluding hydrogens is 295 g/mol. The summed E-state index contributed by atoms with van der Waals surface area (Å²) in [5.41, 5.74) is 0.559. The van der Waals surface area contributed by atoms with Crippen LogP contribution in [-0.2, 0) is 0 Å². The van der Waals surface area contributed by atoms with Gasteiger partial charge in [-0.3, -0.25) is 0 Å². The SMILES string of the molecule is CNc1ncc(Cl)c(Nc2c(Cl)cccc2Cl)n1. The molecule has 1 aromatic heterocycles. The second kappa shape index (κ2) is 5.61. The molecule has 0 bridgehead atoms. The molecule has 94 valence electrons. The van der Waals surface area contributed by atoms with Crippen LogP contribution in [0.15, 0.2) is 24.4 Å². The van der Waals surface area contributed by atoms with Gasteiger partial charge in [0.1, 0.15) is 5.02 Å². The van der Waals surface area contributed by atoms with Gasteiger partial charge in [0, 0.05) is 7.05 Å². The number of hydrogen-bond acceptors (Lipinski definition) is 4. The van der Waals surface area contributed by atoms with Crippen molar-refractivity contribution in [1.29, 1.82) is 0 Å². The second-order valence-corrected chi connectivity index (χ2v) is 4.58. The number of aromatic nitrogens is 2. The molecule has 2 aromatic rings. The summed E-state index contributed by atoms with van der Waals surface area (Å²) < 4.78 is 0. The number of halogens is 3. The van der Waals surface area contributed by atoms with E-state index in [1.54, 1.807) is 25.2 Å². The van der Waals surface area contributed by atoms with Crippen LogP contribution in [0, 0.1) is 0 Å². The zero-order chi connectivity index (χ0) is 13.1. The number of hydrogen-bond donors (Lipinski definition) is 2. The third-order valence-corrected chi connectivity index (χ3v) is 3.08. The van der Waals surface area contributed by atoms with Gasteiger partial charge in [0.15, 0.2) is 5.82 Å². The molecule has 0 saturated heterocycles. The highest BCUT2D eigenvalue weighted by Crippen LogP contribution is 2.33. The Morgan fingerprint density at radius 3 is 2.33 bits per heavy atom. The van der Waals surface area contributed by atoms with Gasteiger partial charge in [-0.2, -0.15) is 4.98 Å². The summed E-state index contributed by atoms with van der Waals surface area (Å²) in [5, 5.41) is 7.18. The lowest BCUT2D eigenvalue weighted by molar-refractivity contribution is 1.15. The number of rotatable bonds is 3. The highest BCUT2D eigenvalue weighted by atomic mass is 35.5. The minimum absolute atomic E-state index is 0.380. The summed E-state index contributed by atoms with van der Waals surface area (Å²) >= 11 is 18.1. The number of anilines is 3. The molecule has 0 aliphatic carbocycles. The van der Waals surface area contributed by atoms with E-state index < -0.39 is 0 Å². The molecule has 0 spiro atoms. The predicted molar refractivity (Wildman–Crippen MR) is 76.3 cm³/mol. The number of para-hydroxylation sites is 1. The summed E-state index contributed by atoms with van der Waals surface area (Å²) in [6, 6.07) is 5.21. The highest BCUT2D eigenvalue weighted by molar-refractivity contribution is 6.39. The van der Waals surface area contributed by atoms with E-state index in [0.717, 1.165) is 0 Å². The number of nitrogens with one attached hydrogen (secondary N) is 2. The van der Waals surface area contributed by atoms with E-state index >= 15 is 0 Å². The van der Waals surface area contributed by atoms with Crippen molar-refractivity contribution in [2.75, 3.05) is 17.7 Å². The molecule has 0 saturated carbocycles. The van der Waals surface area contributed by atoms with Gasteiger partial charge in [-0.05, 0) is 12.1 Å². The average Bonchev–Trinajstić information content (AvgIpc) is 2.36. The lowest BCUT2D eigenvalue weighted by Crippen LogP contribution is -2.01. The molecule has 0 amide bonds. The van der Waals surface area contributed by atoms with Crippen LogP contribution in [0.2, 0.25) is 15.1 Å². The lowest BCUT2D eigenvalue weighted by Gasteiger charge is -2.11. The average molecular weight is 304 g/mol. The normalized spacial score (nSPS) is 10.2. The molecule has 1 aromatic carbocycles. The van der Waals surface area contributed by atoms with Crippen LogP contribution >= 0.6 is 34.8 Å². The topological polar surface area (TPSA) is 49.8 Å². The summed E-state index contributed by atoms with van der Waals surface area (Å²) in [4.78, 5) is 8.17. The van der Waals surface area contributed by atoms with E-state index in [1.807, 2.05) is 0 Å². The number of nitrogens with zero attached hydrogens (tertiary/aromatic N) is 2. The van der Waals surface area contributed by atoms with Crippen molar-refractivity contribution in [2.24, 2.45) is 0 Å². The Bertz CT molecular complexity index is 554. The number of benzene rings is 1. The zero-order valence-electron chi connectivity index (χ0n) is 9.34. The van der Waals surface area contributed by atoms with Gasteiger partial charge in [0.2, 0.25) is 5.95 Å². The first-order valence-electron chi connectivity index (χ1n) is 5.03. The maximum Gasteiger partial charge on any atom is 0.224 e. The Labute approximate surface area is 119 Å². The van der Waals surface area contributed by atoms with E-state index in [9.17, 15) is 0 Å². The summed E-state index contributed by atoms with van der Waals surface area (Å²) in [7, 11) is 1.72. The van der Waals surface area contributed by atoms with Crippen molar-refractivity contribution in [3.63, 3.8) is 0 Å². The summed E-state index contributed by atoms with van der Waals surface area (Å²) in [6.07, 6.45) is 1.49. The molecule has 2 N–H and O–H groups in total. The van der Waals surface area contributed by atoms with Crippen LogP contribution in [-0.4, -0.2) is 17.0 Å². The first kappa shape index (κ1) is 13.2. The van der Waals surface area contributed by atoms with E-state index in [0.29, 0.717) is 32.5 Å². The van der Waals surface area contributed by atoms with E-state index in [2.05, 4.69) is 20.6 Å². The maximum absolute atomic E-state index is 6.06. The fraction of sp³-hybridized carbons (Fsp3) is 0.0909. The fourth-order valence-electron chi connectivity index (χ4n) is 1.31. The maximum atomic E-state index is 6.06. The highest BCUT2D eigenvalue weighted by Gasteiger charge is 2.10. The quantitative estimate of drug-likeness (QED) is 0.891. The van der Waals surface area contributed by atoms with Gasteiger partial charge in [-0.25, -0.2) is 4.98 Å². The van der Waals surface area contributed by atoms with Gasteiger partial charge in [0.25, 0.3) is 0 Å². The lowest BCUT2D eigenvalue weighted by atomic mass is 10.3. The predicted octanol–water partition coefficient (Wildman–Crippen LogP) is 4.22. The Morgan fingerprint density at radius 1 is 1.06 bits per heavy atom. The van der Waals surface area contributed by atoms with Crippen LogP contribution < -0.4 is 10.6 Å². The van der Waals surface area contributed by atoms with Crippen LogP contribution in [0.5, 0.6) is 0 Å². The molecule has 18 heavy (non-hydrogen) atoms. The zero-order valence-corrected chi connectivity index (χ0v) is 11.6. The van der Waals surface area contributed by atoms with E-state index in [4.69, 9.17) is 34.8 Å². The third-order valence-electron chi connectivity index (χ3n) is 2.17. The summed E-state index contributed by atoms with van der Waals surface area (Å²) in [5.74, 6) is 0.885. The van der Waals surface area contributed by atoms with Gasteiger partial charge in [-0.15, -0.1) is 0 Å². The van der Waals surface area contributed by atoms with Gasteiger partial charge < -0.3 is 10.6 Å². The largest absolute Gasteiger partial charge is 0.357 e. The molecule has 4 nitrogen and oxygen atoms in total. The molecular formula is C11H9Cl3N4. The molecule has 0 aliphatic heterocycles. The Balaban J connectivity index is 2.39. The molecule has 7 heteroatoms. The second-order valence-electron chi connectivity index (χ2n) is 3.36. The van der Waals surface area contributed by atoms with Crippen molar-refractivity contribution < 1.29 is 0 Å². The van der Waals surface area contributed by atoms with Crippen LogP contribution in [0.4, 0.5) is 17.5 Å². The van der Waals surface area contributed by atoms with Crippen LogP contribution in [0.25, 0.3) is 0 Å². The third kappa shape index (κ3) is 2.77. The minimum atomic E-state index is 0.380. The van der Waals surface area contributed by atoms with Crippen molar-refractivity contribution in [3.05, 3.63) is 39.5 Å². The molecule has 0 fully saturated rings. The molecule has 1 heterocycles. The van der Waals surface area contributed by atoms with E-state index in [1.165, 1.54) is 6.20 Å². The Kier molecular flexibility index (Phi) is 4.11. The van der Waals surface area contributed by atoms with Gasteiger partial charge in [0.05, 0.1) is 21.9 Å². The fourth-order valence-corrected chi connectivity index (χ4v) is 1.94. The monoisotopic (exact) mass is 302 g/mol. The van der Waals surface area contributed by atoms with Gasteiger partial charge >= 0.3 is 0 Å². The molecule has 0 unspecified atom stereocenters. The molecule has 0 atom stereocenters.